The second-order valence-corrected chi connectivity index (χ2v) is 4.59. The fourth-order valence-electron chi connectivity index (χ4n) is 2.02. The molecular weight excluding hydrogens is 289 g/mol. The van der Waals surface area contributed by atoms with Gasteiger partial charge in [-0.05, 0) is 17.7 Å². The average Bonchev–Trinajstić information content (AvgIpc) is 2.77. The predicted octanol–water partition coefficient (Wildman–Crippen LogP) is 0.974. The van der Waals surface area contributed by atoms with Gasteiger partial charge in [-0.25, -0.2) is 4.39 Å². The molecule has 2 amide bonds. The summed E-state index contributed by atoms with van der Waals surface area (Å²) in [5, 5.41) is 5.20. The Morgan fingerprint density at radius 2 is 2.24 bits per heavy atom. The highest BCUT2D eigenvalue weighted by atomic mass is 19.3. The number of carbonyl (C=O) groups excluding carboxylic acids is 2. The van der Waals surface area contributed by atoms with Gasteiger partial charge in [-0.15, -0.1) is 0 Å². The Labute approximate surface area is 118 Å². The van der Waals surface area contributed by atoms with Crippen LogP contribution in [-0.2, 0) is 16.0 Å². The Morgan fingerprint density at radius 3 is 2.81 bits per heavy atom. The molecule has 0 unspecified atom stereocenters. The first kappa shape index (κ1) is 15.1. The van der Waals surface area contributed by atoms with E-state index in [4.69, 9.17) is 0 Å². The zero-order valence-corrected chi connectivity index (χ0v) is 10.9. The average molecular weight is 302 g/mol. The smallest absolute Gasteiger partial charge is 0.387 e. The third kappa shape index (κ3) is 4.37. The number of hydrogen-bond acceptors (Lipinski definition) is 3. The maximum atomic E-state index is 13.5. The molecule has 1 saturated heterocycles. The molecule has 21 heavy (non-hydrogen) atoms. The number of alkyl halides is 2. The van der Waals surface area contributed by atoms with Crippen LogP contribution in [0.1, 0.15) is 12.0 Å². The van der Waals surface area contributed by atoms with Crippen LogP contribution in [0.25, 0.3) is 0 Å². The topological polar surface area (TPSA) is 67.4 Å². The van der Waals surface area contributed by atoms with Crippen LogP contribution in [0.5, 0.6) is 5.75 Å². The molecular formula is C13H13F3N2O3. The van der Waals surface area contributed by atoms with Gasteiger partial charge in [0.05, 0.1) is 12.5 Å². The molecule has 5 nitrogen and oxygen atoms in total. The highest BCUT2D eigenvalue weighted by Gasteiger charge is 2.23. The molecule has 2 N–H and O–H groups in total. The summed E-state index contributed by atoms with van der Waals surface area (Å²) < 4.78 is 41.4. The fourth-order valence-corrected chi connectivity index (χ4v) is 2.02. The SMILES string of the molecule is O=C1C[C@H](NC(=O)Cc2ccc(OC(F)F)c(F)c2)CN1. The molecule has 0 aliphatic carbocycles. The van der Waals surface area contributed by atoms with E-state index in [0.29, 0.717) is 12.1 Å². The molecule has 8 heteroatoms. The molecule has 1 aliphatic heterocycles. The monoisotopic (exact) mass is 302 g/mol. The molecule has 1 heterocycles. The number of halogens is 3. The van der Waals surface area contributed by atoms with E-state index in [2.05, 4.69) is 15.4 Å². The minimum absolute atomic E-state index is 0.115. The molecule has 1 aromatic rings. The molecule has 1 aromatic carbocycles. The van der Waals surface area contributed by atoms with Gasteiger partial charge in [0.25, 0.3) is 0 Å². The van der Waals surface area contributed by atoms with Gasteiger partial charge in [0.1, 0.15) is 0 Å². The van der Waals surface area contributed by atoms with E-state index in [0.717, 1.165) is 12.1 Å². The standard InChI is InChI=1S/C13H13F3N2O3/c14-9-3-7(1-2-10(9)21-13(15)16)4-12(20)18-8-5-11(19)17-6-8/h1-3,8,13H,4-6H2,(H,17,19)(H,18,20)/t8-/m0/s1. The normalized spacial score (nSPS) is 17.7. The van der Waals surface area contributed by atoms with E-state index in [-0.39, 0.29) is 30.7 Å². The molecule has 0 radical (unpaired) electrons. The van der Waals surface area contributed by atoms with Gasteiger partial charge in [-0.1, -0.05) is 6.07 Å². The maximum absolute atomic E-state index is 13.5. The lowest BCUT2D eigenvalue weighted by Gasteiger charge is -2.11. The summed E-state index contributed by atoms with van der Waals surface area (Å²) in [6, 6.07) is 3.06. The van der Waals surface area contributed by atoms with Crippen LogP contribution in [0.3, 0.4) is 0 Å². The van der Waals surface area contributed by atoms with Crippen molar-refractivity contribution < 1.29 is 27.5 Å². The minimum atomic E-state index is -3.11. The zero-order chi connectivity index (χ0) is 15.4. The van der Waals surface area contributed by atoms with Gasteiger partial charge in [0.15, 0.2) is 11.6 Å². The van der Waals surface area contributed by atoms with Crippen molar-refractivity contribution in [2.24, 2.45) is 0 Å². The van der Waals surface area contributed by atoms with Gasteiger partial charge in [0.2, 0.25) is 11.8 Å². The van der Waals surface area contributed by atoms with Crippen molar-refractivity contribution in [3.63, 3.8) is 0 Å². The van der Waals surface area contributed by atoms with E-state index in [9.17, 15) is 22.8 Å². The Bertz CT molecular complexity index is 551. The summed E-state index contributed by atoms with van der Waals surface area (Å²) in [5.41, 5.74) is 0.323. The molecule has 1 atom stereocenters. The van der Waals surface area contributed by atoms with Crippen molar-refractivity contribution in [3.05, 3.63) is 29.6 Å². The summed E-state index contributed by atoms with van der Waals surface area (Å²) in [6.45, 7) is -2.75. The molecule has 1 fully saturated rings. The number of rotatable bonds is 5. The van der Waals surface area contributed by atoms with E-state index < -0.39 is 18.2 Å². The summed E-state index contributed by atoms with van der Waals surface area (Å²) in [6.07, 6.45) is 0.0951. The van der Waals surface area contributed by atoms with Crippen LogP contribution < -0.4 is 15.4 Å². The zero-order valence-electron chi connectivity index (χ0n) is 10.9. The molecule has 114 valence electrons. The second-order valence-electron chi connectivity index (χ2n) is 4.59. The number of ether oxygens (including phenoxy) is 1. The van der Waals surface area contributed by atoms with Gasteiger partial charge in [0, 0.05) is 13.0 Å². The molecule has 0 aromatic heterocycles. The third-order valence-electron chi connectivity index (χ3n) is 2.92. The minimum Gasteiger partial charge on any atom is -0.432 e. The van der Waals surface area contributed by atoms with E-state index in [1.165, 1.54) is 6.07 Å². The van der Waals surface area contributed by atoms with E-state index in [1.54, 1.807) is 0 Å². The van der Waals surface area contributed by atoms with Gasteiger partial charge in [-0.3, -0.25) is 9.59 Å². The van der Waals surface area contributed by atoms with Crippen LogP contribution in [-0.4, -0.2) is 31.0 Å². The first-order valence-corrected chi connectivity index (χ1v) is 6.23. The van der Waals surface area contributed by atoms with Crippen LogP contribution >= 0.6 is 0 Å². The Kier molecular flexibility index (Phi) is 4.66. The Hall–Kier alpha value is -2.25. The summed E-state index contributed by atoms with van der Waals surface area (Å²) in [4.78, 5) is 22.7. The summed E-state index contributed by atoms with van der Waals surface area (Å²) in [5.74, 6) is -2.05. The highest BCUT2D eigenvalue weighted by Crippen LogP contribution is 2.20. The van der Waals surface area contributed by atoms with Crippen molar-refractivity contribution in [3.8, 4) is 5.75 Å². The van der Waals surface area contributed by atoms with Crippen molar-refractivity contribution in [2.45, 2.75) is 25.5 Å². The fraction of sp³-hybridized carbons (Fsp3) is 0.385. The quantitative estimate of drug-likeness (QED) is 0.852. The molecule has 2 rings (SSSR count). The molecule has 1 aliphatic rings. The number of benzene rings is 1. The highest BCUT2D eigenvalue weighted by molar-refractivity contribution is 5.83. The lowest BCUT2D eigenvalue weighted by atomic mass is 10.1. The van der Waals surface area contributed by atoms with Crippen LogP contribution in [0, 0.1) is 5.82 Å². The summed E-state index contributed by atoms with van der Waals surface area (Å²) in [7, 11) is 0. The first-order valence-electron chi connectivity index (χ1n) is 6.23. The number of hydrogen-bond donors (Lipinski definition) is 2. The number of nitrogens with one attached hydrogen (secondary N) is 2. The van der Waals surface area contributed by atoms with Gasteiger partial charge >= 0.3 is 6.61 Å². The largest absolute Gasteiger partial charge is 0.432 e. The van der Waals surface area contributed by atoms with Crippen LogP contribution in [0.4, 0.5) is 13.2 Å². The number of amides is 2. The lowest BCUT2D eigenvalue weighted by Crippen LogP contribution is -2.37. The Morgan fingerprint density at radius 1 is 1.48 bits per heavy atom. The number of carbonyl (C=O) groups is 2. The first-order chi connectivity index (χ1) is 9.94. The molecule has 0 spiro atoms. The molecule has 0 bridgehead atoms. The van der Waals surface area contributed by atoms with Crippen molar-refractivity contribution in [2.75, 3.05) is 6.54 Å². The summed E-state index contributed by atoms with van der Waals surface area (Å²) >= 11 is 0. The Balaban J connectivity index is 1.91. The molecule has 0 saturated carbocycles. The lowest BCUT2D eigenvalue weighted by molar-refractivity contribution is -0.121. The predicted molar refractivity (Wildman–Crippen MR) is 66.3 cm³/mol. The van der Waals surface area contributed by atoms with E-state index >= 15 is 0 Å². The third-order valence-corrected chi connectivity index (χ3v) is 2.92. The van der Waals surface area contributed by atoms with Crippen LogP contribution in [0.15, 0.2) is 18.2 Å². The van der Waals surface area contributed by atoms with Crippen molar-refractivity contribution in [1.82, 2.24) is 10.6 Å². The van der Waals surface area contributed by atoms with E-state index in [1.807, 2.05) is 0 Å². The van der Waals surface area contributed by atoms with Crippen molar-refractivity contribution >= 4 is 11.8 Å². The van der Waals surface area contributed by atoms with Gasteiger partial charge < -0.3 is 15.4 Å². The maximum Gasteiger partial charge on any atom is 0.387 e. The van der Waals surface area contributed by atoms with Crippen LogP contribution in [0.2, 0.25) is 0 Å². The van der Waals surface area contributed by atoms with Crippen molar-refractivity contribution in [1.29, 1.82) is 0 Å². The second kappa shape index (κ2) is 6.47. The van der Waals surface area contributed by atoms with Gasteiger partial charge in [-0.2, -0.15) is 8.78 Å².